The predicted molar refractivity (Wildman–Crippen MR) is 62.0 cm³/mol. The standard InChI is InChI=1S/C10H17N3O3S/c1-17(14,15)6-9-12-10(16-13-9)8-4-2-3-7(8)5-11/h7-8H,2-6,11H2,1H3. The smallest absolute Gasteiger partial charge is 0.230 e. The van der Waals surface area contributed by atoms with Crippen LogP contribution in [0.4, 0.5) is 0 Å². The summed E-state index contributed by atoms with van der Waals surface area (Å²) in [5.74, 6) is 1.18. The summed E-state index contributed by atoms with van der Waals surface area (Å²) in [5.41, 5.74) is 5.68. The highest BCUT2D eigenvalue weighted by Gasteiger charge is 2.32. The molecule has 0 aromatic carbocycles. The van der Waals surface area contributed by atoms with E-state index in [9.17, 15) is 8.42 Å². The molecule has 1 saturated carbocycles. The topological polar surface area (TPSA) is 99.1 Å². The molecule has 0 aliphatic heterocycles. The Hall–Kier alpha value is -0.950. The van der Waals surface area contributed by atoms with Gasteiger partial charge in [0, 0.05) is 12.2 Å². The van der Waals surface area contributed by atoms with E-state index in [1.54, 1.807) is 0 Å². The van der Waals surface area contributed by atoms with E-state index >= 15 is 0 Å². The van der Waals surface area contributed by atoms with Crippen molar-refractivity contribution in [1.82, 2.24) is 10.1 Å². The molecule has 1 heterocycles. The molecule has 1 fully saturated rings. The Morgan fingerprint density at radius 2 is 2.24 bits per heavy atom. The number of nitrogens with two attached hydrogens (primary N) is 1. The van der Waals surface area contributed by atoms with Crippen LogP contribution in [0.1, 0.15) is 36.9 Å². The van der Waals surface area contributed by atoms with Crippen molar-refractivity contribution >= 4 is 9.84 Å². The number of hydrogen-bond donors (Lipinski definition) is 1. The first-order valence-corrected chi connectivity index (χ1v) is 7.76. The monoisotopic (exact) mass is 259 g/mol. The first-order chi connectivity index (χ1) is 7.99. The third kappa shape index (κ3) is 3.04. The van der Waals surface area contributed by atoms with Crippen molar-refractivity contribution in [3.8, 4) is 0 Å². The molecule has 0 amide bonds. The van der Waals surface area contributed by atoms with E-state index < -0.39 is 9.84 Å². The fourth-order valence-electron chi connectivity index (χ4n) is 2.36. The van der Waals surface area contributed by atoms with Crippen molar-refractivity contribution in [3.63, 3.8) is 0 Å². The second kappa shape index (κ2) is 4.73. The van der Waals surface area contributed by atoms with Gasteiger partial charge in [-0.1, -0.05) is 11.6 Å². The second-order valence-corrected chi connectivity index (χ2v) is 6.79. The predicted octanol–water partition coefficient (Wildman–Crippen LogP) is 0.457. The van der Waals surface area contributed by atoms with Crippen LogP contribution in [0.25, 0.3) is 0 Å². The van der Waals surface area contributed by atoms with Gasteiger partial charge in [-0.3, -0.25) is 0 Å². The highest BCUT2D eigenvalue weighted by molar-refractivity contribution is 7.89. The van der Waals surface area contributed by atoms with Crippen LogP contribution in [0.5, 0.6) is 0 Å². The number of hydrogen-bond acceptors (Lipinski definition) is 6. The molecule has 1 aromatic rings. The van der Waals surface area contributed by atoms with Gasteiger partial charge in [-0.2, -0.15) is 4.98 Å². The van der Waals surface area contributed by atoms with E-state index in [2.05, 4.69) is 10.1 Å². The van der Waals surface area contributed by atoms with Crippen LogP contribution in [0.3, 0.4) is 0 Å². The summed E-state index contributed by atoms with van der Waals surface area (Å²) in [6.07, 6.45) is 4.32. The van der Waals surface area contributed by atoms with E-state index in [1.807, 2.05) is 0 Å². The molecule has 0 bridgehead atoms. The summed E-state index contributed by atoms with van der Waals surface area (Å²) < 4.78 is 27.4. The molecule has 2 atom stereocenters. The highest BCUT2D eigenvalue weighted by Crippen LogP contribution is 2.38. The van der Waals surface area contributed by atoms with E-state index in [0.29, 0.717) is 18.4 Å². The molecule has 2 N–H and O–H groups in total. The minimum absolute atomic E-state index is 0.170. The summed E-state index contributed by atoms with van der Waals surface area (Å²) in [6.45, 7) is 0.606. The minimum Gasteiger partial charge on any atom is -0.339 e. The zero-order valence-corrected chi connectivity index (χ0v) is 10.6. The summed E-state index contributed by atoms with van der Waals surface area (Å²) in [4.78, 5) is 4.16. The largest absolute Gasteiger partial charge is 0.339 e. The van der Waals surface area contributed by atoms with E-state index in [1.165, 1.54) is 0 Å². The lowest BCUT2D eigenvalue weighted by molar-refractivity contribution is 0.323. The van der Waals surface area contributed by atoms with Gasteiger partial charge in [-0.15, -0.1) is 0 Å². The van der Waals surface area contributed by atoms with Gasteiger partial charge in [-0.25, -0.2) is 8.42 Å². The molecule has 0 spiro atoms. The molecule has 2 unspecified atom stereocenters. The van der Waals surface area contributed by atoms with E-state index in [4.69, 9.17) is 10.3 Å². The van der Waals surface area contributed by atoms with Crippen molar-refractivity contribution in [1.29, 1.82) is 0 Å². The average molecular weight is 259 g/mol. The molecular weight excluding hydrogens is 242 g/mol. The van der Waals surface area contributed by atoms with E-state index in [0.717, 1.165) is 25.5 Å². The Balaban J connectivity index is 2.13. The Bertz CT molecular complexity index is 483. The van der Waals surface area contributed by atoms with Crippen molar-refractivity contribution in [2.75, 3.05) is 12.8 Å². The first kappa shape index (κ1) is 12.5. The summed E-state index contributed by atoms with van der Waals surface area (Å²) in [6, 6.07) is 0. The average Bonchev–Trinajstić information content (AvgIpc) is 2.81. The molecule has 96 valence electrons. The van der Waals surface area contributed by atoms with Gasteiger partial charge >= 0.3 is 0 Å². The van der Waals surface area contributed by atoms with Gasteiger partial charge in [0.2, 0.25) is 5.89 Å². The lowest BCUT2D eigenvalue weighted by Gasteiger charge is -2.12. The first-order valence-electron chi connectivity index (χ1n) is 5.70. The number of aromatic nitrogens is 2. The third-order valence-corrected chi connectivity index (χ3v) is 3.94. The molecule has 1 aromatic heterocycles. The van der Waals surface area contributed by atoms with Crippen molar-refractivity contribution in [2.24, 2.45) is 11.7 Å². The van der Waals surface area contributed by atoms with E-state index in [-0.39, 0.29) is 17.5 Å². The molecule has 0 radical (unpaired) electrons. The highest BCUT2D eigenvalue weighted by atomic mass is 32.2. The van der Waals surface area contributed by atoms with Crippen LogP contribution in [0.15, 0.2) is 4.52 Å². The third-order valence-electron chi connectivity index (χ3n) is 3.15. The molecule has 17 heavy (non-hydrogen) atoms. The fraction of sp³-hybridized carbons (Fsp3) is 0.800. The lowest BCUT2D eigenvalue weighted by Crippen LogP contribution is -2.17. The molecule has 7 heteroatoms. The molecule has 6 nitrogen and oxygen atoms in total. The van der Waals surface area contributed by atoms with Gasteiger partial charge in [0.15, 0.2) is 15.7 Å². The van der Waals surface area contributed by atoms with Crippen LogP contribution in [-0.2, 0) is 15.6 Å². The SMILES string of the molecule is CS(=O)(=O)Cc1noc(C2CCCC2CN)n1. The van der Waals surface area contributed by atoms with Crippen LogP contribution >= 0.6 is 0 Å². The summed E-state index contributed by atoms with van der Waals surface area (Å²) in [7, 11) is -3.12. The van der Waals surface area contributed by atoms with Gasteiger partial charge in [0.05, 0.1) is 0 Å². The Morgan fingerprint density at radius 3 is 2.88 bits per heavy atom. The van der Waals surface area contributed by atoms with Crippen LogP contribution in [0, 0.1) is 5.92 Å². The summed E-state index contributed by atoms with van der Waals surface area (Å²) >= 11 is 0. The number of sulfone groups is 1. The van der Waals surface area contributed by atoms with Gasteiger partial charge in [-0.05, 0) is 25.3 Å². The quantitative estimate of drug-likeness (QED) is 0.843. The maximum atomic E-state index is 11.1. The van der Waals surface area contributed by atoms with Gasteiger partial charge in [0.1, 0.15) is 5.75 Å². The fourth-order valence-corrected chi connectivity index (χ4v) is 2.94. The van der Waals surface area contributed by atoms with Crippen LogP contribution in [-0.4, -0.2) is 31.4 Å². The molecule has 0 saturated heterocycles. The Morgan fingerprint density at radius 1 is 1.47 bits per heavy atom. The summed E-state index contributed by atoms with van der Waals surface area (Å²) in [5, 5.41) is 3.71. The molecule has 1 aliphatic rings. The van der Waals surface area contributed by atoms with Crippen LogP contribution < -0.4 is 5.73 Å². The Labute approximate surface area is 100 Å². The van der Waals surface area contributed by atoms with Crippen molar-refractivity contribution < 1.29 is 12.9 Å². The minimum atomic E-state index is -3.12. The zero-order valence-electron chi connectivity index (χ0n) is 9.80. The Kier molecular flexibility index (Phi) is 3.48. The zero-order chi connectivity index (χ0) is 12.5. The second-order valence-electron chi connectivity index (χ2n) is 4.65. The molecule has 2 rings (SSSR count). The molecular formula is C10H17N3O3S. The van der Waals surface area contributed by atoms with Gasteiger partial charge in [0.25, 0.3) is 0 Å². The number of nitrogens with zero attached hydrogens (tertiary/aromatic N) is 2. The maximum Gasteiger partial charge on any atom is 0.230 e. The maximum absolute atomic E-state index is 11.1. The number of rotatable bonds is 4. The van der Waals surface area contributed by atoms with Crippen molar-refractivity contribution in [2.45, 2.75) is 30.9 Å². The lowest BCUT2D eigenvalue weighted by atomic mass is 9.96. The van der Waals surface area contributed by atoms with Crippen LogP contribution in [0.2, 0.25) is 0 Å². The van der Waals surface area contributed by atoms with Gasteiger partial charge < -0.3 is 10.3 Å². The molecule has 1 aliphatic carbocycles. The normalized spacial score (nSPS) is 25.3. The van der Waals surface area contributed by atoms with Crippen molar-refractivity contribution in [3.05, 3.63) is 11.7 Å².